The second kappa shape index (κ2) is 8.60. The molecule has 1 atom stereocenters. The molecule has 0 unspecified atom stereocenters. The molecule has 5 nitrogen and oxygen atoms in total. The first-order chi connectivity index (χ1) is 13.0. The fraction of sp³-hybridized carbons (Fsp3) is 0.190. The van der Waals surface area contributed by atoms with Crippen molar-refractivity contribution in [2.45, 2.75) is 19.9 Å². The van der Waals surface area contributed by atoms with Gasteiger partial charge in [0.15, 0.2) is 0 Å². The standard InChI is InChI=1S/C21H21N3O2S/c1-14(2)18(24-19(25)15-6-4-3-5-7-15)20(26)23-17-10-8-16(9-11-17)21-22-12-13-27-21/h3-14,18H,1-2H3,(H,23,26)(H,24,25)/t18-/m0/s1. The molecule has 0 fully saturated rings. The predicted octanol–water partition coefficient (Wildman–Crippen LogP) is 4.20. The van der Waals surface area contributed by atoms with Gasteiger partial charge >= 0.3 is 0 Å². The minimum Gasteiger partial charge on any atom is -0.340 e. The lowest BCUT2D eigenvalue weighted by Gasteiger charge is -2.22. The van der Waals surface area contributed by atoms with E-state index in [2.05, 4.69) is 15.6 Å². The lowest BCUT2D eigenvalue weighted by Crippen LogP contribution is -2.47. The molecule has 0 aliphatic heterocycles. The summed E-state index contributed by atoms with van der Waals surface area (Å²) < 4.78 is 0. The maximum absolute atomic E-state index is 12.7. The molecule has 3 rings (SSSR count). The van der Waals surface area contributed by atoms with E-state index in [1.807, 2.05) is 49.6 Å². The van der Waals surface area contributed by atoms with Crippen molar-refractivity contribution in [3.05, 3.63) is 71.7 Å². The Morgan fingerprint density at radius 3 is 2.30 bits per heavy atom. The van der Waals surface area contributed by atoms with E-state index in [1.165, 1.54) is 0 Å². The zero-order valence-corrected chi connectivity index (χ0v) is 16.0. The van der Waals surface area contributed by atoms with Crippen LogP contribution in [0.5, 0.6) is 0 Å². The van der Waals surface area contributed by atoms with Gasteiger partial charge in [-0.1, -0.05) is 32.0 Å². The van der Waals surface area contributed by atoms with E-state index in [4.69, 9.17) is 0 Å². The Hall–Kier alpha value is -2.99. The monoisotopic (exact) mass is 379 g/mol. The number of aromatic nitrogens is 1. The van der Waals surface area contributed by atoms with Crippen LogP contribution in [-0.4, -0.2) is 22.8 Å². The van der Waals surface area contributed by atoms with E-state index in [-0.39, 0.29) is 17.7 Å². The van der Waals surface area contributed by atoms with Crippen molar-refractivity contribution in [1.29, 1.82) is 0 Å². The SMILES string of the molecule is CC(C)[C@H](NC(=O)c1ccccc1)C(=O)Nc1ccc(-c2nccs2)cc1. The minimum atomic E-state index is -0.628. The van der Waals surface area contributed by atoms with Crippen molar-refractivity contribution >= 4 is 28.8 Å². The molecule has 2 aromatic carbocycles. The van der Waals surface area contributed by atoms with Crippen LogP contribution in [-0.2, 0) is 4.79 Å². The predicted molar refractivity (Wildman–Crippen MR) is 109 cm³/mol. The van der Waals surface area contributed by atoms with E-state index in [9.17, 15) is 9.59 Å². The minimum absolute atomic E-state index is 0.0488. The second-order valence-electron chi connectivity index (χ2n) is 6.47. The van der Waals surface area contributed by atoms with Crippen LogP contribution in [0.1, 0.15) is 24.2 Å². The highest BCUT2D eigenvalue weighted by atomic mass is 32.1. The largest absolute Gasteiger partial charge is 0.340 e. The quantitative estimate of drug-likeness (QED) is 0.674. The molecule has 0 aliphatic rings. The third kappa shape index (κ3) is 4.80. The van der Waals surface area contributed by atoms with E-state index >= 15 is 0 Å². The number of hydrogen-bond acceptors (Lipinski definition) is 4. The highest BCUT2D eigenvalue weighted by Gasteiger charge is 2.24. The lowest BCUT2D eigenvalue weighted by atomic mass is 10.0. The number of rotatable bonds is 6. The van der Waals surface area contributed by atoms with Gasteiger partial charge in [0, 0.05) is 28.4 Å². The molecule has 2 amide bonds. The number of nitrogens with zero attached hydrogens (tertiary/aromatic N) is 1. The highest BCUT2D eigenvalue weighted by molar-refractivity contribution is 7.13. The number of thiazole rings is 1. The molecule has 0 saturated heterocycles. The molecule has 1 aromatic heterocycles. The molecule has 6 heteroatoms. The van der Waals surface area contributed by atoms with E-state index < -0.39 is 6.04 Å². The molecule has 2 N–H and O–H groups in total. The first kappa shape index (κ1) is 18.8. The van der Waals surface area contributed by atoms with Crippen molar-refractivity contribution in [3.8, 4) is 10.6 Å². The smallest absolute Gasteiger partial charge is 0.251 e. The van der Waals surface area contributed by atoms with Crippen LogP contribution in [0.3, 0.4) is 0 Å². The average molecular weight is 379 g/mol. The Bertz CT molecular complexity index is 891. The highest BCUT2D eigenvalue weighted by Crippen LogP contribution is 2.23. The molecular weight excluding hydrogens is 358 g/mol. The Kier molecular flexibility index (Phi) is 5.98. The summed E-state index contributed by atoms with van der Waals surface area (Å²) in [6, 6.07) is 15.8. The van der Waals surface area contributed by atoms with Crippen molar-refractivity contribution in [1.82, 2.24) is 10.3 Å². The molecule has 0 spiro atoms. The van der Waals surface area contributed by atoms with Crippen molar-refractivity contribution < 1.29 is 9.59 Å². The van der Waals surface area contributed by atoms with Gasteiger partial charge in [-0.05, 0) is 42.3 Å². The van der Waals surface area contributed by atoms with Crippen LogP contribution in [0.2, 0.25) is 0 Å². The molecular formula is C21H21N3O2S. The average Bonchev–Trinajstić information content (AvgIpc) is 3.21. The van der Waals surface area contributed by atoms with Gasteiger partial charge < -0.3 is 10.6 Å². The molecule has 138 valence electrons. The van der Waals surface area contributed by atoms with Gasteiger partial charge in [-0.15, -0.1) is 11.3 Å². The van der Waals surface area contributed by atoms with Gasteiger partial charge in [0.25, 0.3) is 5.91 Å². The van der Waals surface area contributed by atoms with Gasteiger partial charge in [0.1, 0.15) is 11.0 Å². The fourth-order valence-corrected chi connectivity index (χ4v) is 3.28. The zero-order valence-electron chi connectivity index (χ0n) is 15.2. The van der Waals surface area contributed by atoms with Crippen LogP contribution >= 0.6 is 11.3 Å². The third-order valence-electron chi connectivity index (χ3n) is 4.10. The number of hydrogen-bond donors (Lipinski definition) is 2. The summed E-state index contributed by atoms with van der Waals surface area (Å²) in [6.07, 6.45) is 1.76. The summed E-state index contributed by atoms with van der Waals surface area (Å²) in [5, 5.41) is 8.57. The third-order valence-corrected chi connectivity index (χ3v) is 4.93. The van der Waals surface area contributed by atoms with Crippen molar-refractivity contribution in [2.24, 2.45) is 5.92 Å². The van der Waals surface area contributed by atoms with Gasteiger partial charge in [-0.2, -0.15) is 0 Å². The van der Waals surface area contributed by atoms with Gasteiger partial charge in [-0.25, -0.2) is 4.98 Å². The summed E-state index contributed by atoms with van der Waals surface area (Å²) in [5.41, 5.74) is 2.21. The second-order valence-corrected chi connectivity index (χ2v) is 7.36. The van der Waals surface area contributed by atoms with Crippen LogP contribution < -0.4 is 10.6 Å². The molecule has 0 radical (unpaired) electrons. The molecule has 0 aliphatic carbocycles. The summed E-state index contributed by atoms with van der Waals surface area (Å²) in [6.45, 7) is 3.81. The Morgan fingerprint density at radius 2 is 1.70 bits per heavy atom. The molecule has 27 heavy (non-hydrogen) atoms. The Morgan fingerprint density at radius 1 is 1.00 bits per heavy atom. The number of anilines is 1. The normalized spacial score (nSPS) is 11.8. The van der Waals surface area contributed by atoms with Crippen molar-refractivity contribution in [3.63, 3.8) is 0 Å². The topological polar surface area (TPSA) is 71.1 Å². The molecule has 3 aromatic rings. The first-order valence-corrected chi connectivity index (χ1v) is 9.59. The van der Waals surface area contributed by atoms with E-state index in [1.54, 1.807) is 41.8 Å². The van der Waals surface area contributed by atoms with Crippen LogP contribution in [0.15, 0.2) is 66.2 Å². The Labute approximate surface area is 162 Å². The summed E-state index contributed by atoms with van der Waals surface area (Å²) in [5.74, 6) is -0.549. The summed E-state index contributed by atoms with van der Waals surface area (Å²) >= 11 is 1.56. The van der Waals surface area contributed by atoms with Crippen molar-refractivity contribution in [2.75, 3.05) is 5.32 Å². The van der Waals surface area contributed by atoms with Gasteiger partial charge in [0.2, 0.25) is 5.91 Å². The first-order valence-electron chi connectivity index (χ1n) is 8.71. The molecule has 0 bridgehead atoms. The van der Waals surface area contributed by atoms with Crippen LogP contribution in [0, 0.1) is 5.92 Å². The van der Waals surface area contributed by atoms with Gasteiger partial charge in [-0.3, -0.25) is 9.59 Å². The number of carbonyl (C=O) groups excluding carboxylic acids is 2. The number of carbonyl (C=O) groups is 2. The summed E-state index contributed by atoms with van der Waals surface area (Å²) in [4.78, 5) is 29.4. The number of amides is 2. The molecule has 0 saturated carbocycles. The van der Waals surface area contributed by atoms with Crippen LogP contribution in [0.4, 0.5) is 5.69 Å². The number of nitrogens with one attached hydrogen (secondary N) is 2. The summed E-state index contributed by atoms with van der Waals surface area (Å²) in [7, 11) is 0. The lowest BCUT2D eigenvalue weighted by molar-refractivity contribution is -0.118. The maximum Gasteiger partial charge on any atom is 0.251 e. The maximum atomic E-state index is 12.7. The Balaban J connectivity index is 1.67. The van der Waals surface area contributed by atoms with E-state index in [0.717, 1.165) is 10.6 Å². The van der Waals surface area contributed by atoms with Gasteiger partial charge in [0.05, 0.1) is 0 Å². The molecule has 1 heterocycles. The number of benzene rings is 2. The fourth-order valence-electron chi connectivity index (χ4n) is 2.63. The van der Waals surface area contributed by atoms with E-state index in [0.29, 0.717) is 11.3 Å². The zero-order chi connectivity index (χ0) is 19.2. The van der Waals surface area contributed by atoms with Crippen LogP contribution in [0.25, 0.3) is 10.6 Å².